The second kappa shape index (κ2) is 8.58. The largest absolute Gasteiger partial charge is 0.456 e. The summed E-state index contributed by atoms with van der Waals surface area (Å²) < 4.78 is 11.9. The third-order valence-corrected chi connectivity index (χ3v) is 3.86. The molecule has 0 atom stereocenters. The molecule has 2 aromatic carbocycles. The first-order chi connectivity index (χ1) is 10.2. The van der Waals surface area contributed by atoms with E-state index in [1.165, 1.54) is 3.57 Å². The molecule has 0 saturated heterocycles. The van der Waals surface area contributed by atoms with Gasteiger partial charge in [-0.25, -0.2) is 0 Å². The summed E-state index contributed by atoms with van der Waals surface area (Å²) in [6.45, 7) is 2.27. The number of hydrogen-bond donors (Lipinski definition) is 1. The van der Waals surface area contributed by atoms with Gasteiger partial charge in [0.15, 0.2) is 0 Å². The second-order valence-corrected chi connectivity index (χ2v) is 6.14. The Balaban J connectivity index is 1.97. The summed E-state index contributed by atoms with van der Waals surface area (Å²) in [6.07, 6.45) is 0. The molecule has 0 radical (unpaired) electrons. The van der Waals surface area contributed by atoms with Crippen LogP contribution in [-0.4, -0.2) is 20.3 Å². The highest BCUT2D eigenvalue weighted by atomic mass is 127. The van der Waals surface area contributed by atoms with E-state index >= 15 is 0 Å². The van der Waals surface area contributed by atoms with E-state index < -0.39 is 0 Å². The average Bonchev–Trinajstić information content (AvgIpc) is 2.48. The fourth-order valence-corrected chi connectivity index (χ4v) is 2.37. The highest BCUT2D eigenvalue weighted by Crippen LogP contribution is 2.30. The van der Waals surface area contributed by atoms with Crippen molar-refractivity contribution in [3.63, 3.8) is 0 Å². The van der Waals surface area contributed by atoms with E-state index in [0.29, 0.717) is 17.4 Å². The Bertz CT molecular complexity index is 575. The number of hydrogen-bond acceptors (Lipinski definition) is 3. The molecular formula is C16H17ClINO2. The summed E-state index contributed by atoms with van der Waals surface area (Å²) in [7, 11) is 1.69. The molecule has 0 aliphatic heterocycles. The maximum Gasteiger partial charge on any atom is 0.146 e. The Morgan fingerprint density at radius 3 is 2.57 bits per heavy atom. The number of methoxy groups -OCH3 is 1. The van der Waals surface area contributed by atoms with Gasteiger partial charge in [-0.3, -0.25) is 0 Å². The van der Waals surface area contributed by atoms with Gasteiger partial charge in [0.25, 0.3) is 0 Å². The molecule has 0 aliphatic rings. The Morgan fingerprint density at radius 2 is 1.90 bits per heavy atom. The molecule has 5 heteroatoms. The first-order valence-corrected chi connectivity index (χ1v) is 8.06. The van der Waals surface area contributed by atoms with E-state index in [9.17, 15) is 0 Å². The normalized spacial score (nSPS) is 10.6. The lowest BCUT2D eigenvalue weighted by Crippen LogP contribution is -2.18. The average molecular weight is 418 g/mol. The van der Waals surface area contributed by atoms with Crippen molar-refractivity contribution in [1.29, 1.82) is 0 Å². The van der Waals surface area contributed by atoms with Crippen LogP contribution in [0.15, 0.2) is 42.5 Å². The minimum atomic E-state index is 0.611. The SMILES string of the molecule is COCCNCc1ccc(Oc2ccc(I)cc2)c(Cl)c1. The molecule has 0 saturated carbocycles. The van der Waals surface area contributed by atoms with Crippen molar-refractivity contribution in [3.05, 3.63) is 56.6 Å². The summed E-state index contributed by atoms with van der Waals surface area (Å²) in [5, 5.41) is 3.89. The van der Waals surface area contributed by atoms with E-state index in [-0.39, 0.29) is 0 Å². The van der Waals surface area contributed by atoms with E-state index in [0.717, 1.165) is 24.4 Å². The molecule has 0 aromatic heterocycles. The summed E-state index contributed by atoms with van der Waals surface area (Å²) in [5.74, 6) is 1.45. The zero-order valence-corrected chi connectivity index (χ0v) is 14.6. The summed E-state index contributed by atoms with van der Waals surface area (Å²) in [4.78, 5) is 0. The number of ether oxygens (including phenoxy) is 2. The molecule has 0 spiro atoms. The van der Waals surface area contributed by atoms with E-state index in [2.05, 4.69) is 27.9 Å². The quantitative estimate of drug-likeness (QED) is 0.532. The fourth-order valence-electron chi connectivity index (χ4n) is 1.77. The molecule has 0 fully saturated rings. The van der Waals surface area contributed by atoms with Gasteiger partial charge in [-0.05, 0) is 64.6 Å². The second-order valence-electron chi connectivity index (χ2n) is 4.49. The minimum absolute atomic E-state index is 0.611. The van der Waals surface area contributed by atoms with Gasteiger partial charge >= 0.3 is 0 Å². The van der Waals surface area contributed by atoms with Crippen molar-refractivity contribution in [2.75, 3.05) is 20.3 Å². The molecule has 2 rings (SSSR count). The van der Waals surface area contributed by atoms with Crippen LogP contribution in [0.2, 0.25) is 5.02 Å². The molecule has 0 aliphatic carbocycles. The zero-order chi connectivity index (χ0) is 15.1. The molecule has 3 nitrogen and oxygen atoms in total. The Morgan fingerprint density at radius 1 is 1.14 bits per heavy atom. The zero-order valence-electron chi connectivity index (χ0n) is 11.7. The monoisotopic (exact) mass is 417 g/mol. The maximum atomic E-state index is 6.27. The van der Waals surface area contributed by atoms with Crippen molar-refractivity contribution in [1.82, 2.24) is 5.32 Å². The molecular weight excluding hydrogens is 401 g/mol. The Hall–Kier alpha value is -0.820. The summed E-state index contributed by atoms with van der Waals surface area (Å²) in [5.41, 5.74) is 1.12. The van der Waals surface area contributed by atoms with Gasteiger partial charge in [-0.1, -0.05) is 17.7 Å². The maximum absolute atomic E-state index is 6.27. The van der Waals surface area contributed by atoms with Crippen LogP contribution in [0.4, 0.5) is 0 Å². The fraction of sp³-hybridized carbons (Fsp3) is 0.250. The van der Waals surface area contributed by atoms with Crippen molar-refractivity contribution < 1.29 is 9.47 Å². The van der Waals surface area contributed by atoms with E-state index in [4.69, 9.17) is 21.1 Å². The van der Waals surface area contributed by atoms with Crippen molar-refractivity contribution in [2.45, 2.75) is 6.54 Å². The van der Waals surface area contributed by atoms with Gasteiger partial charge < -0.3 is 14.8 Å². The highest BCUT2D eigenvalue weighted by molar-refractivity contribution is 14.1. The third-order valence-electron chi connectivity index (χ3n) is 2.85. The standard InChI is InChI=1S/C16H17ClINO2/c1-20-9-8-19-11-12-2-7-16(15(17)10-12)21-14-5-3-13(18)4-6-14/h2-7,10,19H,8-9,11H2,1H3. The summed E-state index contributed by atoms with van der Waals surface area (Å²) in [6, 6.07) is 13.7. The minimum Gasteiger partial charge on any atom is -0.456 e. The van der Waals surface area contributed by atoms with Gasteiger partial charge in [0.1, 0.15) is 11.5 Å². The van der Waals surface area contributed by atoms with Crippen LogP contribution < -0.4 is 10.1 Å². The van der Waals surface area contributed by atoms with Crippen LogP contribution in [0.25, 0.3) is 0 Å². The van der Waals surface area contributed by atoms with Crippen molar-refractivity contribution in [3.8, 4) is 11.5 Å². The topological polar surface area (TPSA) is 30.5 Å². The van der Waals surface area contributed by atoms with Crippen LogP contribution in [-0.2, 0) is 11.3 Å². The molecule has 112 valence electrons. The van der Waals surface area contributed by atoms with Crippen LogP contribution >= 0.6 is 34.2 Å². The van der Waals surface area contributed by atoms with Crippen LogP contribution in [0.1, 0.15) is 5.56 Å². The smallest absolute Gasteiger partial charge is 0.146 e. The number of halogens is 2. The summed E-state index contributed by atoms with van der Waals surface area (Å²) >= 11 is 8.53. The predicted octanol–water partition coefficient (Wildman–Crippen LogP) is 4.47. The lowest BCUT2D eigenvalue weighted by molar-refractivity contribution is 0.199. The number of nitrogens with one attached hydrogen (secondary N) is 1. The first kappa shape index (κ1) is 16.5. The van der Waals surface area contributed by atoms with Crippen molar-refractivity contribution in [2.24, 2.45) is 0 Å². The van der Waals surface area contributed by atoms with Crippen LogP contribution in [0.3, 0.4) is 0 Å². The van der Waals surface area contributed by atoms with E-state index in [1.807, 2.05) is 42.5 Å². The molecule has 21 heavy (non-hydrogen) atoms. The Labute approximate surface area is 143 Å². The van der Waals surface area contributed by atoms with Gasteiger partial charge in [0.2, 0.25) is 0 Å². The molecule has 1 N–H and O–H groups in total. The van der Waals surface area contributed by atoms with Crippen LogP contribution in [0.5, 0.6) is 11.5 Å². The molecule has 0 heterocycles. The highest BCUT2D eigenvalue weighted by Gasteiger charge is 2.05. The van der Waals surface area contributed by atoms with Crippen LogP contribution in [0, 0.1) is 3.57 Å². The molecule has 0 unspecified atom stereocenters. The van der Waals surface area contributed by atoms with Crippen molar-refractivity contribution >= 4 is 34.2 Å². The third kappa shape index (κ3) is 5.47. The van der Waals surface area contributed by atoms with Gasteiger partial charge in [-0.2, -0.15) is 0 Å². The van der Waals surface area contributed by atoms with E-state index in [1.54, 1.807) is 7.11 Å². The number of benzene rings is 2. The van der Waals surface area contributed by atoms with Gasteiger partial charge in [0.05, 0.1) is 11.6 Å². The first-order valence-electron chi connectivity index (χ1n) is 6.60. The van der Waals surface area contributed by atoms with Gasteiger partial charge in [-0.15, -0.1) is 0 Å². The lowest BCUT2D eigenvalue weighted by Gasteiger charge is -2.10. The molecule has 0 amide bonds. The predicted molar refractivity (Wildman–Crippen MR) is 94.3 cm³/mol. The molecule has 2 aromatic rings. The van der Waals surface area contributed by atoms with Gasteiger partial charge in [0, 0.05) is 23.8 Å². The molecule has 0 bridgehead atoms. The lowest BCUT2D eigenvalue weighted by atomic mass is 10.2. The number of rotatable bonds is 7. The Kier molecular flexibility index (Phi) is 6.76.